The van der Waals surface area contributed by atoms with E-state index in [1.165, 1.54) is 0 Å². The Balaban J connectivity index is 1.61. The van der Waals surface area contributed by atoms with Crippen LogP contribution in [0.3, 0.4) is 0 Å². The fourth-order valence-corrected chi connectivity index (χ4v) is 2.76. The van der Waals surface area contributed by atoms with Gasteiger partial charge in [-0.25, -0.2) is 4.79 Å². The number of hydrogen-bond acceptors (Lipinski definition) is 2. The number of anilines is 1. The van der Waals surface area contributed by atoms with Crippen LogP contribution in [0.1, 0.15) is 16.7 Å². The molecule has 2 N–H and O–H groups in total. The highest BCUT2D eigenvalue weighted by Crippen LogP contribution is 2.10. The van der Waals surface area contributed by atoms with Crippen molar-refractivity contribution in [2.45, 2.75) is 6.54 Å². The van der Waals surface area contributed by atoms with Gasteiger partial charge >= 0.3 is 6.03 Å². The molecule has 2 amide bonds. The van der Waals surface area contributed by atoms with Gasteiger partial charge in [0.2, 0.25) is 0 Å². The molecule has 0 fully saturated rings. The molecule has 3 nitrogen and oxygen atoms in total. The van der Waals surface area contributed by atoms with Crippen molar-refractivity contribution in [1.29, 1.82) is 0 Å². The lowest BCUT2D eigenvalue weighted by molar-refractivity contribution is 0.252. The van der Waals surface area contributed by atoms with Crippen molar-refractivity contribution in [1.82, 2.24) is 5.32 Å². The second-order valence-corrected chi connectivity index (χ2v) is 5.92. The molecule has 24 heavy (non-hydrogen) atoms. The Morgan fingerprint density at radius 3 is 2.54 bits per heavy atom. The summed E-state index contributed by atoms with van der Waals surface area (Å²) >= 11 is 1.61. The van der Waals surface area contributed by atoms with Crippen LogP contribution in [-0.4, -0.2) is 6.03 Å². The molecule has 0 bridgehead atoms. The summed E-state index contributed by atoms with van der Waals surface area (Å²) in [6.07, 6.45) is 0. The molecule has 0 aliphatic heterocycles. The second kappa shape index (κ2) is 8.00. The smallest absolute Gasteiger partial charge is 0.319 e. The summed E-state index contributed by atoms with van der Waals surface area (Å²) < 4.78 is 0. The van der Waals surface area contributed by atoms with Gasteiger partial charge in [-0.05, 0) is 52.7 Å². The van der Waals surface area contributed by atoms with Crippen molar-refractivity contribution in [2.75, 3.05) is 5.32 Å². The number of carbonyl (C=O) groups is 1. The first-order chi connectivity index (χ1) is 11.8. The first kappa shape index (κ1) is 15.9. The molecule has 3 rings (SSSR count). The summed E-state index contributed by atoms with van der Waals surface area (Å²) in [5.41, 5.74) is 3.63. The number of amides is 2. The molecule has 0 saturated carbocycles. The summed E-state index contributed by atoms with van der Waals surface area (Å²) in [5, 5.41) is 9.66. The molecule has 0 aliphatic carbocycles. The van der Waals surface area contributed by atoms with E-state index in [1.54, 1.807) is 11.3 Å². The molecule has 0 spiro atoms. The lowest BCUT2D eigenvalue weighted by Gasteiger charge is -2.07. The van der Waals surface area contributed by atoms with Gasteiger partial charge in [0, 0.05) is 23.4 Å². The molecule has 0 aliphatic rings. The Morgan fingerprint density at radius 2 is 1.75 bits per heavy atom. The zero-order valence-electron chi connectivity index (χ0n) is 13.0. The minimum absolute atomic E-state index is 0.227. The van der Waals surface area contributed by atoms with Crippen molar-refractivity contribution in [3.63, 3.8) is 0 Å². The van der Waals surface area contributed by atoms with Gasteiger partial charge in [-0.2, -0.15) is 11.3 Å². The molecule has 3 aromatic rings. The molecular weight excluding hydrogens is 316 g/mol. The lowest BCUT2D eigenvalue weighted by atomic mass is 10.1. The number of benzene rings is 2. The second-order valence-electron chi connectivity index (χ2n) is 5.14. The predicted molar refractivity (Wildman–Crippen MR) is 99.0 cm³/mol. The van der Waals surface area contributed by atoms with Gasteiger partial charge in [0.15, 0.2) is 0 Å². The van der Waals surface area contributed by atoms with Crippen LogP contribution in [0, 0.1) is 11.8 Å². The van der Waals surface area contributed by atoms with E-state index >= 15 is 0 Å². The summed E-state index contributed by atoms with van der Waals surface area (Å²) in [7, 11) is 0. The van der Waals surface area contributed by atoms with E-state index in [-0.39, 0.29) is 6.03 Å². The van der Waals surface area contributed by atoms with Crippen LogP contribution in [0.15, 0.2) is 71.4 Å². The standard InChI is InChI=1S/C20H16N2OS/c23-20(21-14-18-11-12-24-15-18)22-19-8-4-7-17(13-19)10-9-16-5-2-1-3-6-16/h1-8,11-13,15H,14H2,(H2,21,22,23). The number of hydrogen-bond donors (Lipinski definition) is 2. The number of rotatable bonds is 3. The summed E-state index contributed by atoms with van der Waals surface area (Å²) in [5.74, 6) is 6.22. The highest BCUT2D eigenvalue weighted by molar-refractivity contribution is 7.07. The van der Waals surface area contributed by atoms with E-state index < -0.39 is 0 Å². The fourth-order valence-electron chi connectivity index (χ4n) is 2.09. The van der Waals surface area contributed by atoms with Gasteiger partial charge in [0.05, 0.1) is 0 Å². The maximum Gasteiger partial charge on any atom is 0.319 e. The third kappa shape index (κ3) is 4.73. The van der Waals surface area contributed by atoms with Crippen molar-refractivity contribution in [2.24, 2.45) is 0 Å². The first-order valence-electron chi connectivity index (χ1n) is 7.53. The van der Waals surface area contributed by atoms with Crippen LogP contribution in [0.5, 0.6) is 0 Å². The van der Waals surface area contributed by atoms with E-state index in [0.29, 0.717) is 6.54 Å². The minimum Gasteiger partial charge on any atom is -0.334 e. The minimum atomic E-state index is -0.227. The molecular formula is C20H16N2OS. The van der Waals surface area contributed by atoms with Crippen molar-refractivity contribution >= 4 is 23.1 Å². The molecule has 1 aromatic heterocycles. The third-order valence-corrected chi connectivity index (χ3v) is 4.01. The number of thiophene rings is 1. The van der Waals surface area contributed by atoms with Crippen LogP contribution in [0.25, 0.3) is 0 Å². The van der Waals surface area contributed by atoms with Gasteiger partial charge in [-0.1, -0.05) is 36.1 Å². The van der Waals surface area contributed by atoms with Gasteiger partial charge in [-0.15, -0.1) is 0 Å². The number of carbonyl (C=O) groups excluding carboxylic acids is 1. The van der Waals surface area contributed by atoms with E-state index in [1.807, 2.05) is 71.4 Å². The van der Waals surface area contributed by atoms with Gasteiger partial charge in [-0.3, -0.25) is 0 Å². The SMILES string of the molecule is O=C(NCc1ccsc1)Nc1cccc(C#Cc2ccccc2)c1. The first-order valence-corrected chi connectivity index (χ1v) is 8.47. The lowest BCUT2D eigenvalue weighted by Crippen LogP contribution is -2.27. The molecule has 0 unspecified atom stereocenters. The van der Waals surface area contributed by atoms with E-state index in [2.05, 4.69) is 22.5 Å². The largest absolute Gasteiger partial charge is 0.334 e. The van der Waals surface area contributed by atoms with Crippen LogP contribution in [0.4, 0.5) is 10.5 Å². The van der Waals surface area contributed by atoms with Crippen LogP contribution in [-0.2, 0) is 6.54 Å². The van der Waals surface area contributed by atoms with Crippen LogP contribution in [0.2, 0.25) is 0 Å². The highest BCUT2D eigenvalue weighted by atomic mass is 32.1. The van der Waals surface area contributed by atoms with Crippen molar-refractivity contribution in [3.8, 4) is 11.8 Å². The van der Waals surface area contributed by atoms with Gasteiger partial charge in [0.1, 0.15) is 0 Å². The quantitative estimate of drug-likeness (QED) is 0.683. The molecule has 118 valence electrons. The van der Waals surface area contributed by atoms with E-state index in [9.17, 15) is 4.79 Å². The maximum absolute atomic E-state index is 11.9. The van der Waals surface area contributed by atoms with E-state index in [4.69, 9.17) is 0 Å². The highest BCUT2D eigenvalue weighted by Gasteiger charge is 2.02. The Hall–Kier alpha value is -3.03. The predicted octanol–water partition coefficient (Wildman–Crippen LogP) is 4.47. The molecule has 2 aromatic carbocycles. The Labute approximate surface area is 145 Å². The summed E-state index contributed by atoms with van der Waals surface area (Å²) in [4.78, 5) is 11.9. The average molecular weight is 332 g/mol. The Kier molecular flexibility index (Phi) is 5.28. The third-order valence-electron chi connectivity index (χ3n) is 3.28. The zero-order chi connectivity index (χ0) is 16.6. The summed E-state index contributed by atoms with van der Waals surface area (Å²) in [6, 6.07) is 19.1. The number of nitrogens with one attached hydrogen (secondary N) is 2. The van der Waals surface area contributed by atoms with Crippen LogP contribution >= 0.6 is 11.3 Å². The maximum atomic E-state index is 11.9. The molecule has 1 heterocycles. The Morgan fingerprint density at radius 1 is 0.958 bits per heavy atom. The van der Waals surface area contributed by atoms with Gasteiger partial charge < -0.3 is 10.6 Å². The van der Waals surface area contributed by atoms with Crippen molar-refractivity contribution in [3.05, 3.63) is 88.1 Å². The molecule has 4 heteroatoms. The van der Waals surface area contributed by atoms with Gasteiger partial charge in [0.25, 0.3) is 0 Å². The number of urea groups is 1. The topological polar surface area (TPSA) is 41.1 Å². The normalized spacial score (nSPS) is 9.67. The van der Waals surface area contributed by atoms with Crippen molar-refractivity contribution < 1.29 is 4.79 Å². The summed E-state index contributed by atoms with van der Waals surface area (Å²) in [6.45, 7) is 0.517. The molecule has 0 radical (unpaired) electrons. The Bertz CT molecular complexity index is 861. The fraction of sp³-hybridized carbons (Fsp3) is 0.0500. The molecule has 0 saturated heterocycles. The molecule has 0 atom stereocenters. The monoisotopic (exact) mass is 332 g/mol. The van der Waals surface area contributed by atoms with E-state index in [0.717, 1.165) is 22.4 Å². The van der Waals surface area contributed by atoms with Crippen LogP contribution < -0.4 is 10.6 Å². The average Bonchev–Trinajstić information content (AvgIpc) is 3.13. The zero-order valence-corrected chi connectivity index (χ0v) is 13.8.